The molecule has 1 aromatic heterocycles. The van der Waals surface area contributed by atoms with E-state index in [0.717, 1.165) is 60.9 Å². The number of unbranched alkanes of at least 4 members (excludes halogenated alkanes) is 1. The molecule has 1 saturated heterocycles. The van der Waals surface area contributed by atoms with Crippen LogP contribution >= 0.6 is 0 Å². The van der Waals surface area contributed by atoms with Crippen molar-refractivity contribution in [3.05, 3.63) is 102 Å². The molecule has 4 aromatic rings. The molecule has 1 aliphatic heterocycles. The molecule has 0 spiro atoms. The molecule has 0 atom stereocenters. The smallest absolute Gasteiger partial charge is 0.225 e. The van der Waals surface area contributed by atoms with Crippen LogP contribution in [0.4, 0.5) is 5.82 Å². The molecule has 1 amide bonds. The number of carbonyl (C=O) groups excluding carboxylic acids is 1. The third kappa shape index (κ3) is 7.29. The highest BCUT2D eigenvalue weighted by atomic mass is 16.2. The maximum Gasteiger partial charge on any atom is 0.225 e. The monoisotopic (exact) mass is 589 g/mol. The lowest BCUT2D eigenvalue weighted by atomic mass is 9.79. The van der Waals surface area contributed by atoms with Crippen LogP contribution in [0.3, 0.4) is 0 Å². The third-order valence-electron chi connectivity index (χ3n) is 9.72. The van der Waals surface area contributed by atoms with Gasteiger partial charge in [-0.2, -0.15) is 0 Å². The van der Waals surface area contributed by atoms with Crippen molar-refractivity contribution >= 4 is 22.6 Å². The number of carbonyl (C=O) groups is 1. The summed E-state index contributed by atoms with van der Waals surface area (Å²) in [5, 5.41) is 4.44. The predicted octanol–water partition coefficient (Wildman–Crippen LogP) is 7.05. The van der Waals surface area contributed by atoms with Crippen molar-refractivity contribution < 1.29 is 4.79 Å². The minimum Gasteiger partial charge on any atom is -0.362 e. The molecule has 1 aliphatic carbocycles. The fourth-order valence-corrected chi connectivity index (χ4v) is 7.16. The van der Waals surface area contributed by atoms with Gasteiger partial charge in [-0.15, -0.1) is 0 Å². The number of benzene rings is 3. The molecular formula is C38H47N5O. The first kappa shape index (κ1) is 30.3. The fourth-order valence-electron chi connectivity index (χ4n) is 7.16. The molecule has 2 fully saturated rings. The number of aryl methyl sites for hydroxylation is 1. The molecule has 0 radical (unpaired) electrons. The Kier molecular flexibility index (Phi) is 9.86. The van der Waals surface area contributed by atoms with Crippen LogP contribution < -0.4 is 10.2 Å². The lowest BCUT2D eigenvalue weighted by Gasteiger charge is -2.44. The van der Waals surface area contributed by atoms with Crippen LogP contribution in [0.15, 0.2) is 84.9 Å². The van der Waals surface area contributed by atoms with Crippen LogP contribution in [-0.4, -0.2) is 54.5 Å². The number of anilines is 1. The number of rotatable bonds is 12. The Labute approximate surface area is 262 Å². The molecular weight excluding hydrogens is 542 g/mol. The van der Waals surface area contributed by atoms with Gasteiger partial charge in [0.2, 0.25) is 5.91 Å². The van der Waals surface area contributed by atoms with Crippen LogP contribution in [0.2, 0.25) is 0 Å². The van der Waals surface area contributed by atoms with Crippen LogP contribution in [0, 0.1) is 17.8 Å². The number of fused-ring (bicyclic) bond motifs is 1. The van der Waals surface area contributed by atoms with Gasteiger partial charge in [-0.3, -0.25) is 9.69 Å². The predicted molar refractivity (Wildman–Crippen MR) is 180 cm³/mol. The van der Waals surface area contributed by atoms with Gasteiger partial charge in [-0.1, -0.05) is 98.5 Å². The SMILES string of the molecule is CN(C)c1nc(CCCCC2CCC(CNC(=O)C3CN(C(c4ccccc4)c4ccccc4)C3)CC2)nc2ccccc12. The molecule has 3 aromatic carbocycles. The van der Waals surface area contributed by atoms with E-state index in [0.29, 0.717) is 5.92 Å². The number of aromatic nitrogens is 2. The quantitative estimate of drug-likeness (QED) is 0.179. The van der Waals surface area contributed by atoms with Crippen molar-refractivity contribution in [1.82, 2.24) is 20.2 Å². The van der Waals surface area contributed by atoms with Crippen LogP contribution in [0.25, 0.3) is 10.9 Å². The van der Waals surface area contributed by atoms with Gasteiger partial charge < -0.3 is 10.2 Å². The molecule has 0 bridgehead atoms. The Balaban J connectivity index is 0.896. The molecule has 2 heterocycles. The minimum absolute atomic E-state index is 0.0849. The molecule has 44 heavy (non-hydrogen) atoms. The second-order valence-corrected chi connectivity index (χ2v) is 13.1. The summed E-state index contributed by atoms with van der Waals surface area (Å²) in [7, 11) is 4.10. The second-order valence-electron chi connectivity index (χ2n) is 13.1. The summed E-state index contributed by atoms with van der Waals surface area (Å²) >= 11 is 0. The number of hydrogen-bond donors (Lipinski definition) is 1. The molecule has 230 valence electrons. The number of hydrogen-bond acceptors (Lipinski definition) is 5. The first-order valence-electron chi connectivity index (χ1n) is 16.6. The molecule has 6 heteroatoms. The Morgan fingerprint density at radius 2 is 1.43 bits per heavy atom. The zero-order chi connectivity index (χ0) is 30.3. The van der Waals surface area contributed by atoms with Gasteiger partial charge in [-0.25, -0.2) is 9.97 Å². The molecule has 0 unspecified atom stereocenters. The van der Waals surface area contributed by atoms with E-state index in [1.54, 1.807) is 0 Å². The summed E-state index contributed by atoms with van der Waals surface area (Å²) < 4.78 is 0. The highest BCUT2D eigenvalue weighted by Gasteiger charge is 2.38. The molecule has 6 rings (SSSR count). The Hall–Kier alpha value is -3.77. The van der Waals surface area contributed by atoms with Gasteiger partial charge in [-0.05, 0) is 54.4 Å². The first-order valence-corrected chi connectivity index (χ1v) is 16.6. The van der Waals surface area contributed by atoms with Crippen molar-refractivity contribution in [2.45, 2.75) is 57.4 Å². The summed E-state index contributed by atoms with van der Waals surface area (Å²) in [6, 6.07) is 29.8. The van der Waals surface area contributed by atoms with Crippen molar-refractivity contribution in [1.29, 1.82) is 0 Å². The number of likely N-dealkylation sites (tertiary alicyclic amines) is 1. The third-order valence-corrected chi connectivity index (χ3v) is 9.72. The molecule has 2 aliphatic rings. The van der Waals surface area contributed by atoms with Crippen molar-refractivity contribution in [2.24, 2.45) is 17.8 Å². The van der Waals surface area contributed by atoms with Gasteiger partial charge in [0.15, 0.2) is 0 Å². The van der Waals surface area contributed by atoms with Crippen LogP contribution in [0.1, 0.15) is 67.9 Å². The number of nitrogens with zero attached hydrogens (tertiary/aromatic N) is 4. The van der Waals surface area contributed by atoms with Crippen molar-refractivity contribution in [3.8, 4) is 0 Å². The molecule has 1 saturated carbocycles. The zero-order valence-corrected chi connectivity index (χ0v) is 26.4. The molecule has 6 nitrogen and oxygen atoms in total. The zero-order valence-electron chi connectivity index (χ0n) is 26.4. The fraction of sp³-hybridized carbons (Fsp3) is 0.447. The average molecular weight is 590 g/mol. The van der Waals surface area contributed by atoms with E-state index < -0.39 is 0 Å². The van der Waals surface area contributed by atoms with Crippen molar-refractivity contribution in [2.75, 3.05) is 38.6 Å². The largest absolute Gasteiger partial charge is 0.362 e. The number of nitrogens with one attached hydrogen (secondary N) is 1. The van der Waals surface area contributed by atoms with Gasteiger partial charge >= 0.3 is 0 Å². The van der Waals surface area contributed by atoms with E-state index in [1.165, 1.54) is 49.7 Å². The Bertz CT molecular complexity index is 1450. The van der Waals surface area contributed by atoms with E-state index >= 15 is 0 Å². The Morgan fingerprint density at radius 3 is 2.09 bits per heavy atom. The van der Waals surface area contributed by atoms with E-state index in [4.69, 9.17) is 9.97 Å². The topological polar surface area (TPSA) is 61.4 Å². The number of para-hydroxylation sites is 1. The normalized spacial score (nSPS) is 19.2. The summed E-state index contributed by atoms with van der Waals surface area (Å²) in [5.74, 6) is 3.71. The molecule has 1 N–H and O–H groups in total. The van der Waals surface area contributed by atoms with Gasteiger partial charge in [0.1, 0.15) is 11.6 Å². The standard InChI is InChI=1S/C38H47N5O/c1-42(2)37-33-18-10-11-19-34(33)40-35(41-37)20-12-9-13-28-21-23-29(24-22-28)25-39-38(44)32-26-43(27-32)36(30-14-5-3-6-15-30)31-16-7-4-8-17-31/h3-8,10-11,14-19,28-29,32,36H,9,12-13,20-27H2,1-2H3,(H,39,44). The van der Waals surface area contributed by atoms with E-state index in [-0.39, 0.29) is 17.9 Å². The Morgan fingerprint density at radius 1 is 0.818 bits per heavy atom. The summed E-state index contributed by atoms with van der Waals surface area (Å²) in [5.41, 5.74) is 3.61. The average Bonchev–Trinajstić information content (AvgIpc) is 3.04. The van der Waals surface area contributed by atoms with Gasteiger partial charge in [0.05, 0.1) is 17.5 Å². The van der Waals surface area contributed by atoms with E-state index in [1.807, 2.05) is 0 Å². The van der Waals surface area contributed by atoms with Gasteiger partial charge in [0.25, 0.3) is 0 Å². The second kappa shape index (κ2) is 14.3. The minimum atomic E-state index is 0.0849. The van der Waals surface area contributed by atoms with E-state index in [9.17, 15) is 4.79 Å². The van der Waals surface area contributed by atoms with Crippen molar-refractivity contribution in [3.63, 3.8) is 0 Å². The maximum atomic E-state index is 13.0. The summed E-state index contributed by atoms with van der Waals surface area (Å²) in [6.07, 6.45) is 9.60. The maximum absolute atomic E-state index is 13.0. The number of amides is 1. The van der Waals surface area contributed by atoms with E-state index in [2.05, 4.69) is 114 Å². The van der Waals surface area contributed by atoms with Crippen LogP contribution in [-0.2, 0) is 11.2 Å². The highest BCUT2D eigenvalue weighted by Crippen LogP contribution is 2.35. The van der Waals surface area contributed by atoms with Crippen LogP contribution in [0.5, 0.6) is 0 Å². The first-order chi connectivity index (χ1) is 21.5. The lowest BCUT2D eigenvalue weighted by molar-refractivity contribution is -0.131. The summed E-state index contributed by atoms with van der Waals surface area (Å²) in [4.78, 5) is 27.3. The van der Waals surface area contributed by atoms with Gasteiger partial charge in [0, 0.05) is 45.5 Å². The summed E-state index contributed by atoms with van der Waals surface area (Å²) in [6.45, 7) is 2.46. The lowest BCUT2D eigenvalue weighted by Crippen LogP contribution is -2.55. The highest BCUT2D eigenvalue weighted by molar-refractivity contribution is 5.89.